The number of aromatic nitrogens is 3. The summed E-state index contributed by atoms with van der Waals surface area (Å²) in [4.78, 5) is 9.03. The SMILES string of the molecule is Cc1ccc2nc(C(C)Cl)n(-c3ccc(Br)c(F)c3)c2n1. The lowest BCUT2D eigenvalue weighted by atomic mass is 10.3. The normalized spacial score (nSPS) is 12.8. The number of nitrogens with zero attached hydrogens (tertiary/aromatic N) is 3. The Morgan fingerprint density at radius 2 is 2.00 bits per heavy atom. The molecule has 0 aliphatic heterocycles. The van der Waals surface area contributed by atoms with Crippen LogP contribution in [-0.4, -0.2) is 14.5 Å². The van der Waals surface area contributed by atoms with Crippen LogP contribution in [0.1, 0.15) is 23.8 Å². The van der Waals surface area contributed by atoms with Crippen LogP contribution >= 0.6 is 27.5 Å². The van der Waals surface area contributed by atoms with Crippen LogP contribution < -0.4 is 0 Å². The van der Waals surface area contributed by atoms with Crippen LogP contribution in [0.3, 0.4) is 0 Å². The third-order valence-corrected chi connectivity index (χ3v) is 4.03. The number of hydrogen-bond acceptors (Lipinski definition) is 2. The van der Waals surface area contributed by atoms with Crippen LogP contribution in [0.4, 0.5) is 4.39 Å². The third kappa shape index (κ3) is 2.56. The van der Waals surface area contributed by atoms with Gasteiger partial charge in [0.2, 0.25) is 0 Å². The molecule has 3 rings (SSSR count). The maximum atomic E-state index is 13.8. The highest BCUT2D eigenvalue weighted by Crippen LogP contribution is 2.28. The van der Waals surface area contributed by atoms with Gasteiger partial charge in [-0.3, -0.25) is 4.57 Å². The highest BCUT2D eigenvalue weighted by molar-refractivity contribution is 9.10. The van der Waals surface area contributed by atoms with Crippen molar-refractivity contribution in [2.75, 3.05) is 0 Å². The molecule has 21 heavy (non-hydrogen) atoms. The van der Waals surface area contributed by atoms with Crippen molar-refractivity contribution >= 4 is 38.7 Å². The molecule has 0 saturated carbocycles. The molecule has 1 aromatic carbocycles. The maximum absolute atomic E-state index is 13.8. The fraction of sp³-hybridized carbons (Fsp3) is 0.200. The van der Waals surface area contributed by atoms with Gasteiger partial charge in [-0.1, -0.05) is 0 Å². The van der Waals surface area contributed by atoms with E-state index in [0.717, 1.165) is 11.2 Å². The lowest BCUT2D eigenvalue weighted by Crippen LogP contribution is -2.03. The summed E-state index contributed by atoms with van der Waals surface area (Å²) in [6, 6.07) is 8.70. The van der Waals surface area contributed by atoms with E-state index in [4.69, 9.17) is 11.6 Å². The summed E-state index contributed by atoms with van der Waals surface area (Å²) in [5.41, 5.74) is 2.94. The molecule has 0 spiro atoms. The predicted molar refractivity (Wildman–Crippen MR) is 85.5 cm³/mol. The molecule has 0 fully saturated rings. The van der Waals surface area contributed by atoms with Gasteiger partial charge in [0.05, 0.1) is 15.5 Å². The summed E-state index contributed by atoms with van der Waals surface area (Å²) < 4.78 is 16.1. The first kappa shape index (κ1) is 14.5. The highest BCUT2D eigenvalue weighted by atomic mass is 79.9. The number of pyridine rings is 1. The van der Waals surface area contributed by atoms with Crippen molar-refractivity contribution in [3.8, 4) is 5.69 Å². The van der Waals surface area contributed by atoms with Gasteiger partial charge in [-0.25, -0.2) is 14.4 Å². The second-order valence-corrected chi connectivity index (χ2v) is 6.32. The zero-order valence-electron chi connectivity index (χ0n) is 11.4. The first-order chi connectivity index (χ1) is 9.97. The first-order valence-corrected chi connectivity index (χ1v) is 7.66. The maximum Gasteiger partial charge on any atom is 0.164 e. The van der Waals surface area contributed by atoms with E-state index in [2.05, 4.69) is 25.9 Å². The fourth-order valence-corrected chi connectivity index (χ4v) is 2.61. The predicted octanol–water partition coefficient (Wildman–Crippen LogP) is 4.93. The average Bonchev–Trinajstić information content (AvgIpc) is 2.80. The Bertz CT molecular complexity index is 829. The second-order valence-electron chi connectivity index (χ2n) is 4.82. The van der Waals surface area contributed by atoms with E-state index in [0.29, 0.717) is 21.6 Å². The Morgan fingerprint density at radius 1 is 1.24 bits per heavy atom. The Morgan fingerprint density at radius 3 is 2.67 bits per heavy atom. The van der Waals surface area contributed by atoms with E-state index in [-0.39, 0.29) is 11.2 Å². The first-order valence-electron chi connectivity index (χ1n) is 6.43. The number of alkyl halides is 1. The van der Waals surface area contributed by atoms with Crippen molar-refractivity contribution in [1.82, 2.24) is 14.5 Å². The number of imidazole rings is 1. The van der Waals surface area contributed by atoms with Crippen LogP contribution in [0.15, 0.2) is 34.8 Å². The van der Waals surface area contributed by atoms with Gasteiger partial charge >= 0.3 is 0 Å². The number of aryl methyl sites for hydroxylation is 1. The fourth-order valence-electron chi connectivity index (χ4n) is 2.21. The largest absolute Gasteiger partial charge is 0.279 e. The van der Waals surface area contributed by atoms with E-state index in [1.807, 2.05) is 26.0 Å². The minimum Gasteiger partial charge on any atom is -0.279 e. The minimum atomic E-state index is -0.338. The molecular formula is C15H12BrClFN3. The van der Waals surface area contributed by atoms with Crippen molar-refractivity contribution in [1.29, 1.82) is 0 Å². The van der Waals surface area contributed by atoms with E-state index in [1.54, 1.807) is 16.7 Å². The monoisotopic (exact) mass is 367 g/mol. The van der Waals surface area contributed by atoms with Gasteiger partial charge in [0.1, 0.15) is 17.2 Å². The third-order valence-electron chi connectivity index (χ3n) is 3.19. The Hall–Kier alpha value is -1.46. The molecule has 0 N–H and O–H groups in total. The van der Waals surface area contributed by atoms with Crippen molar-refractivity contribution in [2.24, 2.45) is 0 Å². The minimum absolute atomic E-state index is 0.314. The quantitative estimate of drug-likeness (QED) is 0.600. The Kier molecular flexibility index (Phi) is 3.71. The van der Waals surface area contributed by atoms with Crippen LogP contribution in [0.2, 0.25) is 0 Å². The smallest absolute Gasteiger partial charge is 0.164 e. The molecule has 1 atom stereocenters. The highest BCUT2D eigenvalue weighted by Gasteiger charge is 2.18. The lowest BCUT2D eigenvalue weighted by molar-refractivity contribution is 0.619. The molecule has 0 bridgehead atoms. The van der Waals surface area contributed by atoms with E-state index < -0.39 is 0 Å². The van der Waals surface area contributed by atoms with Gasteiger partial charge in [-0.2, -0.15) is 0 Å². The summed E-state index contributed by atoms with van der Waals surface area (Å²) in [5.74, 6) is 0.307. The zero-order chi connectivity index (χ0) is 15.1. The molecule has 0 amide bonds. The van der Waals surface area contributed by atoms with Crippen LogP contribution in [0.25, 0.3) is 16.9 Å². The molecule has 2 aromatic heterocycles. The van der Waals surface area contributed by atoms with Crippen molar-refractivity contribution in [2.45, 2.75) is 19.2 Å². The molecule has 0 saturated heterocycles. The number of fused-ring (bicyclic) bond motifs is 1. The summed E-state index contributed by atoms with van der Waals surface area (Å²) in [6.45, 7) is 3.74. The number of hydrogen-bond donors (Lipinski definition) is 0. The van der Waals surface area contributed by atoms with Crippen molar-refractivity contribution < 1.29 is 4.39 Å². The standard InChI is InChI=1S/C15H12BrClFN3/c1-8-3-6-13-15(19-8)21(14(20-13)9(2)17)10-4-5-11(16)12(18)7-10/h3-7,9H,1-2H3. The molecule has 3 aromatic rings. The van der Waals surface area contributed by atoms with Gasteiger partial charge in [0.15, 0.2) is 5.65 Å². The molecule has 3 nitrogen and oxygen atoms in total. The molecular weight excluding hydrogens is 357 g/mol. The van der Waals surface area contributed by atoms with E-state index in [1.165, 1.54) is 6.07 Å². The summed E-state index contributed by atoms with van der Waals surface area (Å²) in [6.07, 6.45) is 0. The van der Waals surface area contributed by atoms with Crippen molar-refractivity contribution in [3.05, 3.63) is 52.1 Å². The van der Waals surface area contributed by atoms with E-state index in [9.17, 15) is 4.39 Å². The van der Waals surface area contributed by atoms with Gasteiger partial charge in [0, 0.05) is 5.69 Å². The molecule has 6 heteroatoms. The van der Waals surface area contributed by atoms with Gasteiger partial charge < -0.3 is 0 Å². The molecule has 2 heterocycles. The Balaban J connectivity index is 2.35. The topological polar surface area (TPSA) is 30.7 Å². The number of halogens is 3. The van der Waals surface area contributed by atoms with Crippen molar-refractivity contribution in [3.63, 3.8) is 0 Å². The van der Waals surface area contributed by atoms with Gasteiger partial charge in [-0.05, 0) is 60.1 Å². The molecule has 0 aliphatic rings. The molecule has 1 unspecified atom stereocenters. The molecule has 108 valence electrons. The van der Waals surface area contributed by atoms with Crippen LogP contribution in [0, 0.1) is 12.7 Å². The van der Waals surface area contributed by atoms with Crippen LogP contribution in [-0.2, 0) is 0 Å². The van der Waals surface area contributed by atoms with Gasteiger partial charge in [0.25, 0.3) is 0 Å². The summed E-state index contributed by atoms with van der Waals surface area (Å²) >= 11 is 9.39. The Labute approximate surface area is 134 Å². The average molecular weight is 369 g/mol. The van der Waals surface area contributed by atoms with E-state index >= 15 is 0 Å². The number of rotatable bonds is 2. The lowest BCUT2D eigenvalue weighted by Gasteiger charge is -2.10. The summed E-state index contributed by atoms with van der Waals surface area (Å²) in [5, 5.41) is -0.314. The van der Waals surface area contributed by atoms with Crippen LogP contribution in [0.5, 0.6) is 0 Å². The second kappa shape index (κ2) is 5.39. The zero-order valence-corrected chi connectivity index (χ0v) is 13.8. The summed E-state index contributed by atoms with van der Waals surface area (Å²) in [7, 11) is 0. The molecule has 0 radical (unpaired) electrons. The molecule has 0 aliphatic carbocycles. The van der Waals surface area contributed by atoms with Gasteiger partial charge in [-0.15, -0.1) is 11.6 Å². The number of benzene rings is 1.